The monoisotopic (exact) mass is 490 g/mol. The maximum Gasteiger partial charge on any atom is 0.234 e. The molecule has 1 amide bonds. The maximum absolute atomic E-state index is 12.3. The summed E-state index contributed by atoms with van der Waals surface area (Å²) in [5, 5.41) is 13.3. The van der Waals surface area contributed by atoms with E-state index in [1.54, 1.807) is 30.3 Å². The average molecular weight is 491 g/mol. The molecule has 3 rings (SSSR count). The van der Waals surface area contributed by atoms with Gasteiger partial charge in [0.2, 0.25) is 5.91 Å². The van der Waals surface area contributed by atoms with Gasteiger partial charge in [0.25, 0.3) is 0 Å². The molecule has 6 nitrogen and oxygen atoms in total. The number of nitrogens with zero attached hydrogens (tertiary/aromatic N) is 3. The Morgan fingerprint density at radius 1 is 1.22 bits per heavy atom. The van der Waals surface area contributed by atoms with Crippen LogP contribution in [0.25, 0.3) is 0 Å². The van der Waals surface area contributed by atoms with Gasteiger partial charge in [-0.1, -0.05) is 47.1 Å². The number of thioether (sulfide) groups is 1. The lowest BCUT2D eigenvalue weighted by atomic mass is 10.2. The van der Waals surface area contributed by atoms with E-state index in [-0.39, 0.29) is 11.7 Å². The topological polar surface area (TPSA) is 69.0 Å². The molecule has 0 saturated heterocycles. The second kappa shape index (κ2) is 11.9. The van der Waals surface area contributed by atoms with Crippen LogP contribution in [0.5, 0.6) is 5.75 Å². The smallest absolute Gasteiger partial charge is 0.234 e. The van der Waals surface area contributed by atoms with Crippen LogP contribution < -0.4 is 10.1 Å². The summed E-state index contributed by atoms with van der Waals surface area (Å²) in [6, 6.07) is 12.6. The number of amides is 1. The Morgan fingerprint density at radius 2 is 2.03 bits per heavy atom. The molecule has 0 aliphatic heterocycles. The zero-order valence-corrected chi connectivity index (χ0v) is 20.0. The summed E-state index contributed by atoms with van der Waals surface area (Å²) >= 11 is 13.3. The van der Waals surface area contributed by atoms with Gasteiger partial charge in [0, 0.05) is 28.7 Å². The Kier molecular flexibility index (Phi) is 9.02. The minimum absolute atomic E-state index is 0.140. The minimum atomic E-state index is -0.140. The molecule has 0 aliphatic rings. The van der Waals surface area contributed by atoms with E-state index >= 15 is 0 Å². The number of hydrogen-bond acceptors (Lipinski definition) is 5. The van der Waals surface area contributed by atoms with E-state index in [0.717, 1.165) is 23.6 Å². The maximum atomic E-state index is 12.3. The number of aryl methyl sites for hydroxylation is 2. The predicted molar refractivity (Wildman–Crippen MR) is 131 cm³/mol. The third-order valence-electron chi connectivity index (χ3n) is 4.49. The summed E-state index contributed by atoms with van der Waals surface area (Å²) in [6.07, 6.45) is 3.26. The number of anilines is 1. The van der Waals surface area contributed by atoms with Gasteiger partial charge in [0.05, 0.1) is 12.4 Å². The van der Waals surface area contributed by atoms with Crippen molar-refractivity contribution in [2.24, 2.45) is 0 Å². The molecule has 168 valence electrons. The Labute approximate surface area is 202 Å². The number of aromatic nitrogens is 3. The van der Waals surface area contributed by atoms with Crippen molar-refractivity contribution in [1.29, 1.82) is 0 Å². The van der Waals surface area contributed by atoms with Crippen LogP contribution >= 0.6 is 35.0 Å². The van der Waals surface area contributed by atoms with Crippen LogP contribution in [0.3, 0.4) is 0 Å². The molecule has 32 heavy (non-hydrogen) atoms. The number of halogens is 2. The Bertz CT molecular complexity index is 1090. The number of rotatable bonds is 11. The fourth-order valence-electron chi connectivity index (χ4n) is 3.00. The SMILES string of the molecule is C=CCn1c(CCCOc2ccc(Cl)cc2C)nnc1SCC(=O)Nc1cccc(Cl)c1. The first-order chi connectivity index (χ1) is 15.5. The van der Waals surface area contributed by atoms with Crippen LogP contribution in [0.4, 0.5) is 5.69 Å². The first kappa shape index (κ1) is 24.2. The van der Waals surface area contributed by atoms with E-state index in [9.17, 15) is 4.79 Å². The third-order valence-corrected chi connectivity index (χ3v) is 5.92. The van der Waals surface area contributed by atoms with Crippen LogP contribution in [-0.2, 0) is 17.8 Å². The summed E-state index contributed by atoms with van der Waals surface area (Å²) in [4.78, 5) is 12.3. The van der Waals surface area contributed by atoms with Gasteiger partial charge in [-0.2, -0.15) is 0 Å². The summed E-state index contributed by atoms with van der Waals surface area (Å²) in [6.45, 7) is 6.90. The molecule has 0 atom stereocenters. The molecule has 0 unspecified atom stereocenters. The number of hydrogen-bond donors (Lipinski definition) is 1. The fraction of sp³-hybridized carbons (Fsp3) is 0.261. The highest BCUT2D eigenvalue weighted by molar-refractivity contribution is 7.99. The van der Waals surface area contributed by atoms with Crippen molar-refractivity contribution >= 4 is 46.6 Å². The third kappa shape index (κ3) is 7.02. The van der Waals surface area contributed by atoms with E-state index in [4.69, 9.17) is 27.9 Å². The molecule has 0 saturated carbocycles. The first-order valence-corrected chi connectivity index (χ1v) is 11.8. The zero-order valence-electron chi connectivity index (χ0n) is 17.7. The van der Waals surface area contributed by atoms with Crippen LogP contribution in [0, 0.1) is 6.92 Å². The van der Waals surface area contributed by atoms with Crippen molar-refractivity contribution in [3.05, 3.63) is 76.6 Å². The molecule has 0 fully saturated rings. The lowest BCUT2D eigenvalue weighted by Crippen LogP contribution is -2.14. The lowest BCUT2D eigenvalue weighted by Gasteiger charge is -2.10. The number of nitrogens with one attached hydrogen (secondary N) is 1. The molecular weight excluding hydrogens is 467 g/mol. The number of allylic oxidation sites excluding steroid dienone is 1. The Morgan fingerprint density at radius 3 is 2.78 bits per heavy atom. The van der Waals surface area contributed by atoms with Crippen LogP contribution in [0.15, 0.2) is 60.3 Å². The van der Waals surface area contributed by atoms with E-state index < -0.39 is 0 Å². The van der Waals surface area contributed by atoms with Gasteiger partial charge in [0.1, 0.15) is 11.6 Å². The van der Waals surface area contributed by atoms with Crippen molar-refractivity contribution in [3.8, 4) is 5.75 Å². The zero-order chi connectivity index (χ0) is 22.9. The second-order valence-corrected chi connectivity index (χ2v) is 8.82. The second-order valence-electron chi connectivity index (χ2n) is 7.01. The van der Waals surface area contributed by atoms with Crippen molar-refractivity contribution < 1.29 is 9.53 Å². The largest absolute Gasteiger partial charge is 0.493 e. The van der Waals surface area contributed by atoms with Crippen molar-refractivity contribution in [2.75, 3.05) is 17.7 Å². The van der Waals surface area contributed by atoms with Gasteiger partial charge < -0.3 is 14.6 Å². The van der Waals surface area contributed by atoms with Crippen LogP contribution in [0.1, 0.15) is 17.8 Å². The van der Waals surface area contributed by atoms with E-state index in [1.807, 2.05) is 29.7 Å². The molecule has 9 heteroatoms. The molecule has 0 radical (unpaired) electrons. The van der Waals surface area contributed by atoms with Gasteiger partial charge in [-0.05, 0) is 55.3 Å². The van der Waals surface area contributed by atoms with Crippen LogP contribution in [0.2, 0.25) is 10.0 Å². The van der Waals surface area contributed by atoms with Gasteiger partial charge in [-0.15, -0.1) is 16.8 Å². The molecule has 1 aromatic heterocycles. The van der Waals surface area contributed by atoms with Gasteiger partial charge in [-0.3, -0.25) is 4.79 Å². The number of benzene rings is 2. The number of carbonyl (C=O) groups is 1. The van der Waals surface area contributed by atoms with Crippen LogP contribution in [-0.4, -0.2) is 33.0 Å². The molecule has 1 N–H and O–H groups in total. The fourth-order valence-corrected chi connectivity index (χ4v) is 4.19. The molecule has 1 heterocycles. The number of carbonyl (C=O) groups excluding carboxylic acids is 1. The summed E-state index contributed by atoms with van der Waals surface area (Å²) in [7, 11) is 0. The molecule has 2 aromatic carbocycles. The summed E-state index contributed by atoms with van der Waals surface area (Å²) in [5.74, 6) is 1.72. The highest BCUT2D eigenvalue weighted by atomic mass is 35.5. The van der Waals surface area contributed by atoms with Crippen molar-refractivity contribution in [1.82, 2.24) is 14.8 Å². The van der Waals surface area contributed by atoms with Crippen molar-refractivity contribution in [2.45, 2.75) is 31.5 Å². The molecule has 3 aromatic rings. The molecule has 0 aliphatic carbocycles. The summed E-state index contributed by atoms with van der Waals surface area (Å²) < 4.78 is 7.83. The first-order valence-electron chi connectivity index (χ1n) is 10.1. The van der Waals surface area contributed by atoms with E-state index in [2.05, 4.69) is 22.1 Å². The van der Waals surface area contributed by atoms with Crippen molar-refractivity contribution in [3.63, 3.8) is 0 Å². The highest BCUT2D eigenvalue weighted by Gasteiger charge is 2.14. The minimum Gasteiger partial charge on any atom is -0.493 e. The standard InChI is InChI=1S/C23H24Cl2N4O2S/c1-3-11-29-21(8-5-12-31-20-10-9-18(25)13-16(20)2)27-28-23(29)32-15-22(30)26-19-7-4-6-17(24)14-19/h3-4,6-7,9-10,13-14H,1,5,8,11-12,15H2,2H3,(H,26,30). The molecule has 0 spiro atoms. The molecule has 0 bridgehead atoms. The highest BCUT2D eigenvalue weighted by Crippen LogP contribution is 2.23. The average Bonchev–Trinajstić information content (AvgIpc) is 3.13. The predicted octanol–water partition coefficient (Wildman–Crippen LogP) is 5.82. The Balaban J connectivity index is 1.52. The van der Waals surface area contributed by atoms with Gasteiger partial charge >= 0.3 is 0 Å². The van der Waals surface area contributed by atoms with Gasteiger partial charge in [-0.25, -0.2) is 0 Å². The van der Waals surface area contributed by atoms with E-state index in [1.165, 1.54) is 11.8 Å². The Hall–Kier alpha value is -2.48. The summed E-state index contributed by atoms with van der Waals surface area (Å²) in [5.41, 5.74) is 1.66. The number of ether oxygens (including phenoxy) is 1. The quantitative estimate of drug-likeness (QED) is 0.208. The lowest BCUT2D eigenvalue weighted by molar-refractivity contribution is -0.113. The normalized spacial score (nSPS) is 10.7. The van der Waals surface area contributed by atoms with Gasteiger partial charge in [0.15, 0.2) is 5.16 Å². The van der Waals surface area contributed by atoms with E-state index in [0.29, 0.717) is 40.5 Å². The molecular formula is C23H24Cl2N4O2S.